The van der Waals surface area contributed by atoms with Crippen molar-refractivity contribution in [2.75, 3.05) is 32.8 Å². The van der Waals surface area contributed by atoms with Gasteiger partial charge in [-0.1, -0.05) is 65.3 Å². The molecule has 6 rings (SSSR count). The zero-order chi connectivity index (χ0) is 38.5. The molecule has 0 aliphatic carbocycles. The third-order valence-corrected chi connectivity index (χ3v) is 10.1. The van der Waals surface area contributed by atoms with Crippen molar-refractivity contribution >= 4 is 64.2 Å². The predicted octanol–water partition coefficient (Wildman–Crippen LogP) is 8.08. The number of ether oxygens (including phenoxy) is 4. The van der Waals surface area contributed by atoms with Crippen LogP contribution in [0, 0.1) is 11.3 Å². The molecule has 54 heavy (non-hydrogen) atoms. The summed E-state index contributed by atoms with van der Waals surface area (Å²) in [5.41, 5.74) is 3.06. The molecule has 1 unspecified atom stereocenters. The lowest BCUT2D eigenvalue weighted by atomic mass is 9.98. The number of benzene rings is 4. The van der Waals surface area contributed by atoms with E-state index in [4.69, 9.17) is 47.1 Å². The largest absolute Gasteiger partial charge is 0.493 e. The standard InChI is InChI=1S/C40H29Cl2N3O8S/c1-50-33-15-24(16-34(51-2)37(33)52-3)28-18-31(22-7-5-4-6-8-22)44-38(29(28)20-43)54-35-19-36(47)45(39(35)48)26-12-9-23(10-13-26)40(49)53-21-32(46)27-14-11-25(41)17-30(27)42/h4-18,35H,19,21H2,1-3H3. The highest BCUT2D eigenvalue weighted by Crippen LogP contribution is 2.44. The van der Waals surface area contributed by atoms with Gasteiger partial charge in [-0.25, -0.2) is 14.7 Å². The predicted molar refractivity (Wildman–Crippen MR) is 204 cm³/mol. The van der Waals surface area contributed by atoms with Gasteiger partial charge in [0, 0.05) is 28.1 Å². The molecule has 0 bridgehead atoms. The number of carbonyl (C=O) groups excluding carboxylic acids is 4. The molecule has 1 aliphatic heterocycles. The molecule has 2 amide bonds. The fraction of sp³-hybridized carbons (Fsp3) is 0.150. The fourth-order valence-electron chi connectivity index (χ4n) is 5.79. The van der Waals surface area contributed by atoms with E-state index in [9.17, 15) is 24.4 Å². The number of Topliss-reactive ketones (excluding diaryl/α,β-unsaturated/α-hetero) is 1. The molecule has 2 heterocycles. The molecule has 1 fully saturated rings. The van der Waals surface area contributed by atoms with Crippen molar-refractivity contribution in [3.05, 3.63) is 118 Å². The monoisotopic (exact) mass is 781 g/mol. The van der Waals surface area contributed by atoms with Crippen LogP contribution in [0.4, 0.5) is 5.69 Å². The normalized spacial score (nSPS) is 13.7. The van der Waals surface area contributed by atoms with Crippen LogP contribution < -0.4 is 19.1 Å². The number of carbonyl (C=O) groups is 4. The lowest BCUT2D eigenvalue weighted by Crippen LogP contribution is -2.31. The van der Waals surface area contributed by atoms with Gasteiger partial charge >= 0.3 is 5.97 Å². The van der Waals surface area contributed by atoms with E-state index in [1.165, 1.54) is 63.8 Å². The van der Waals surface area contributed by atoms with E-state index >= 15 is 0 Å². The minimum Gasteiger partial charge on any atom is -0.493 e. The highest BCUT2D eigenvalue weighted by atomic mass is 35.5. The Balaban J connectivity index is 1.26. The maximum absolute atomic E-state index is 13.8. The van der Waals surface area contributed by atoms with Gasteiger partial charge in [0.2, 0.25) is 23.3 Å². The zero-order valence-corrected chi connectivity index (χ0v) is 31.3. The maximum atomic E-state index is 13.8. The van der Waals surface area contributed by atoms with Crippen LogP contribution in [0.1, 0.15) is 32.7 Å². The van der Waals surface area contributed by atoms with Gasteiger partial charge in [-0.2, -0.15) is 5.26 Å². The summed E-state index contributed by atoms with van der Waals surface area (Å²) in [5.74, 6) is -1.15. The summed E-state index contributed by atoms with van der Waals surface area (Å²) in [5, 5.41) is 10.3. The molecule has 14 heteroatoms. The molecule has 1 aliphatic rings. The van der Waals surface area contributed by atoms with Crippen molar-refractivity contribution in [3.8, 4) is 45.7 Å². The van der Waals surface area contributed by atoms with Crippen molar-refractivity contribution < 1.29 is 38.1 Å². The molecule has 4 aromatic carbocycles. The summed E-state index contributed by atoms with van der Waals surface area (Å²) in [4.78, 5) is 58.3. The highest BCUT2D eigenvalue weighted by molar-refractivity contribution is 8.00. The Labute approximate surface area is 324 Å². The molecule has 0 N–H and O–H groups in total. The molecule has 0 radical (unpaired) electrons. The topological polar surface area (TPSA) is 145 Å². The van der Waals surface area contributed by atoms with Crippen molar-refractivity contribution in [1.29, 1.82) is 5.26 Å². The van der Waals surface area contributed by atoms with E-state index in [2.05, 4.69) is 6.07 Å². The molecule has 1 saturated heterocycles. The fourth-order valence-corrected chi connectivity index (χ4v) is 7.43. The third kappa shape index (κ3) is 7.75. The summed E-state index contributed by atoms with van der Waals surface area (Å²) in [6, 6.07) is 26.8. The number of aromatic nitrogens is 1. The van der Waals surface area contributed by atoms with Crippen LogP contribution in [-0.4, -0.2) is 61.7 Å². The minimum absolute atomic E-state index is 0.0960. The second kappa shape index (κ2) is 16.4. The number of esters is 1. The summed E-state index contributed by atoms with van der Waals surface area (Å²) in [6.07, 6.45) is -0.162. The molecule has 0 saturated carbocycles. The Bertz CT molecular complexity index is 2310. The van der Waals surface area contributed by atoms with Gasteiger partial charge in [-0.15, -0.1) is 0 Å². The van der Waals surface area contributed by atoms with Crippen molar-refractivity contribution in [3.63, 3.8) is 0 Å². The molecule has 0 spiro atoms. The summed E-state index contributed by atoms with van der Waals surface area (Å²) >= 11 is 13.0. The van der Waals surface area contributed by atoms with Crippen LogP contribution in [-0.2, 0) is 14.3 Å². The number of anilines is 1. The Morgan fingerprint density at radius 2 is 1.57 bits per heavy atom. The van der Waals surface area contributed by atoms with Gasteiger partial charge in [-0.05, 0) is 66.2 Å². The summed E-state index contributed by atoms with van der Waals surface area (Å²) < 4.78 is 21.8. The van der Waals surface area contributed by atoms with Crippen LogP contribution >= 0.6 is 35.0 Å². The number of ketones is 1. The van der Waals surface area contributed by atoms with E-state index < -0.39 is 35.4 Å². The molecule has 1 atom stereocenters. The van der Waals surface area contributed by atoms with Gasteiger partial charge in [0.15, 0.2) is 18.1 Å². The van der Waals surface area contributed by atoms with Crippen molar-refractivity contribution in [2.45, 2.75) is 16.7 Å². The maximum Gasteiger partial charge on any atom is 0.338 e. The number of rotatable bonds is 12. The Morgan fingerprint density at radius 3 is 2.19 bits per heavy atom. The first-order chi connectivity index (χ1) is 26.1. The van der Waals surface area contributed by atoms with Gasteiger partial charge in [0.05, 0.1) is 54.1 Å². The second-order valence-corrected chi connectivity index (χ2v) is 13.7. The molecule has 272 valence electrons. The highest BCUT2D eigenvalue weighted by Gasteiger charge is 2.41. The smallest absolute Gasteiger partial charge is 0.338 e. The van der Waals surface area contributed by atoms with Crippen LogP contribution in [0.25, 0.3) is 22.4 Å². The summed E-state index contributed by atoms with van der Waals surface area (Å²) in [6.45, 7) is -0.560. The van der Waals surface area contributed by atoms with Gasteiger partial charge in [0.1, 0.15) is 11.1 Å². The number of imide groups is 1. The average molecular weight is 783 g/mol. The SMILES string of the molecule is COc1cc(-c2cc(-c3ccccc3)nc(SC3CC(=O)N(c4ccc(C(=O)OCC(=O)c5ccc(Cl)cc5Cl)cc4)C3=O)c2C#N)cc(OC)c1OC. The van der Waals surface area contributed by atoms with E-state index in [0.717, 1.165) is 22.2 Å². The molecular weight excluding hydrogens is 753 g/mol. The number of nitrogens with zero attached hydrogens (tertiary/aromatic N) is 3. The molecule has 11 nitrogen and oxygen atoms in total. The molecular formula is C40H29Cl2N3O8S. The number of nitriles is 1. The number of methoxy groups -OCH3 is 3. The van der Waals surface area contributed by atoms with E-state index in [1.807, 2.05) is 30.3 Å². The van der Waals surface area contributed by atoms with Crippen LogP contribution in [0.15, 0.2) is 96.0 Å². The third-order valence-electron chi connectivity index (χ3n) is 8.43. The lowest BCUT2D eigenvalue weighted by molar-refractivity contribution is -0.121. The van der Waals surface area contributed by atoms with Gasteiger partial charge in [0.25, 0.3) is 0 Å². The number of pyridine rings is 1. The number of halogens is 2. The van der Waals surface area contributed by atoms with Crippen LogP contribution in [0.5, 0.6) is 17.2 Å². The number of thioether (sulfide) groups is 1. The van der Waals surface area contributed by atoms with Gasteiger partial charge < -0.3 is 18.9 Å². The first-order valence-electron chi connectivity index (χ1n) is 16.2. The first-order valence-corrected chi connectivity index (χ1v) is 17.8. The van der Waals surface area contributed by atoms with E-state index in [0.29, 0.717) is 39.1 Å². The minimum atomic E-state index is -0.911. The molecule has 1 aromatic heterocycles. The zero-order valence-electron chi connectivity index (χ0n) is 28.9. The Hall–Kier alpha value is -5.87. The quantitative estimate of drug-likeness (QED) is 0.0688. The van der Waals surface area contributed by atoms with Gasteiger partial charge in [-0.3, -0.25) is 14.4 Å². The van der Waals surface area contributed by atoms with Crippen molar-refractivity contribution in [1.82, 2.24) is 4.98 Å². The van der Waals surface area contributed by atoms with Crippen LogP contribution in [0.2, 0.25) is 10.0 Å². The Kier molecular flexibility index (Phi) is 11.5. The average Bonchev–Trinajstić information content (AvgIpc) is 3.47. The van der Waals surface area contributed by atoms with E-state index in [-0.39, 0.29) is 38.8 Å². The van der Waals surface area contributed by atoms with Crippen molar-refractivity contribution in [2.24, 2.45) is 0 Å². The Morgan fingerprint density at radius 1 is 0.889 bits per heavy atom. The number of amides is 2. The number of hydrogen-bond donors (Lipinski definition) is 0. The van der Waals surface area contributed by atoms with E-state index in [1.54, 1.807) is 18.2 Å². The molecule has 5 aromatic rings. The first kappa shape index (κ1) is 37.9. The number of hydrogen-bond acceptors (Lipinski definition) is 11. The summed E-state index contributed by atoms with van der Waals surface area (Å²) in [7, 11) is 4.48. The lowest BCUT2D eigenvalue weighted by Gasteiger charge is -2.18. The van der Waals surface area contributed by atoms with Crippen LogP contribution in [0.3, 0.4) is 0 Å². The second-order valence-electron chi connectivity index (χ2n) is 11.7.